The highest BCUT2D eigenvalue weighted by atomic mass is 79.9. The average molecular weight is 721 g/mol. The maximum Gasteiger partial charge on any atom is 0.416 e. The molecule has 246 valence electrons. The second-order valence-corrected chi connectivity index (χ2v) is 11.1. The van der Waals surface area contributed by atoms with Crippen LogP contribution >= 0.6 is 0 Å². The number of carbonyl (C=O) groups excluding carboxylic acids is 1. The van der Waals surface area contributed by atoms with Crippen molar-refractivity contribution in [2.45, 2.75) is 38.7 Å². The SMILES string of the molecule is COC(=O)C1=C(C)N(c2cccc(C(F)(F)F)c2)c2n[nH]c(=O)n2[C@@H]1c1ccc(C#N)cc1CC[n+]1ccn(Cc2ccccc2)c1.[Br-]. The molecule has 3 heterocycles. The number of alkyl halides is 3. The topological polar surface area (TPSA) is 113 Å². The molecular formula is C34H29BrF3N7O3. The summed E-state index contributed by atoms with van der Waals surface area (Å²) >= 11 is 0. The number of carbonyl (C=O) groups is 1. The van der Waals surface area contributed by atoms with Crippen molar-refractivity contribution in [1.82, 2.24) is 19.3 Å². The van der Waals surface area contributed by atoms with E-state index in [1.165, 1.54) is 28.7 Å². The lowest BCUT2D eigenvalue weighted by atomic mass is 9.89. The summed E-state index contributed by atoms with van der Waals surface area (Å²) in [5.41, 5.74) is 1.50. The molecule has 0 unspecified atom stereocenters. The van der Waals surface area contributed by atoms with Crippen molar-refractivity contribution in [3.63, 3.8) is 0 Å². The van der Waals surface area contributed by atoms with Gasteiger partial charge in [-0.2, -0.15) is 18.4 Å². The Morgan fingerprint density at radius 2 is 1.88 bits per heavy atom. The third-order valence-corrected chi connectivity index (χ3v) is 8.14. The molecular weight excluding hydrogens is 691 g/mol. The molecule has 0 saturated carbocycles. The molecule has 10 nitrogen and oxygen atoms in total. The number of aromatic amines is 1. The summed E-state index contributed by atoms with van der Waals surface area (Å²) in [7, 11) is 1.19. The molecule has 5 aromatic rings. The van der Waals surface area contributed by atoms with Crippen molar-refractivity contribution in [1.29, 1.82) is 5.26 Å². The van der Waals surface area contributed by atoms with E-state index < -0.39 is 29.4 Å². The lowest BCUT2D eigenvalue weighted by Crippen LogP contribution is -3.00. The van der Waals surface area contributed by atoms with Crippen LogP contribution in [0.25, 0.3) is 0 Å². The van der Waals surface area contributed by atoms with E-state index in [1.807, 2.05) is 58.2 Å². The summed E-state index contributed by atoms with van der Waals surface area (Å²) in [5.74, 6) is -0.780. The number of halogens is 4. The number of methoxy groups -OCH3 is 1. The van der Waals surface area contributed by atoms with E-state index >= 15 is 0 Å². The van der Waals surface area contributed by atoms with E-state index in [0.717, 1.165) is 17.7 Å². The Labute approximate surface area is 283 Å². The molecule has 48 heavy (non-hydrogen) atoms. The minimum Gasteiger partial charge on any atom is -1.00 e. The number of allylic oxidation sites excluding steroid dienone is 1. The number of imidazole rings is 1. The largest absolute Gasteiger partial charge is 1.00 e. The maximum absolute atomic E-state index is 13.7. The number of H-pyrrole nitrogens is 1. The first-order valence-corrected chi connectivity index (χ1v) is 14.6. The Balaban J connectivity index is 0.00000451. The fourth-order valence-electron chi connectivity index (χ4n) is 5.95. The highest BCUT2D eigenvalue weighted by Gasteiger charge is 2.41. The minimum absolute atomic E-state index is 0. The lowest BCUT2D eigenvalue weighted by Gasteiger charge is -2.36. The van der Waals surface area contributed by atoms with Gasteiger partial charge in [0.2, 0.25) is 12.3 Å². The number of aromatic nitrogens is 5. The Kier molecular flexibility index (Phi) is 9.72. The summed E-state index contributed by atoms with van der Waals surface area (Å²) in [6, 6.07) is 20.6. The molecule has 14 heteroatoms. The molecule has 0 aliphatic carbocycles. The van der Waals surface area contributed by atoms with Crippen LogP contribution in [0, 0.1) is 11.3 Å². The third-order valence-electron chi connectivity index (χ3n) is 8.14. The fraction of sp³-hybridized carbons (Fsp3) is 0.206. The molecule has 3 aromatic carbocycles. The van der Waals surface area contributed by atoms with E-state index in [4.69, 9.17) is 4.74 Å². The second-order valence-electron chi connectivity index (χ2n) is 11.1. The zero-order chi connectivity index (χ0) is 33.3. The molecule has 1 aliphatic heterocycles. The number of nitriles is 1. The molecule has 1 aliphatic rings. The van der Waals surface area contributed by atoms with Crippen LogP contribution in [0.1, 0.15) is 40.8 Å². The first-order valence-electron chi connectivity index (χ1n) is 14.6. The molecule has 1 N–H and O–H groups in total. The first kappa shape index (κ1) is 33.9. The third kappa shape index (κ3) is 6.54. The van der Waals surface area contributed by atoms with E-state index in [1.54, 1.807) is 25.1 Å². The summed E-state index contributed by atoms with van der Waals surface area (Å²) in [6.07, 6.45) is 1.67. The summed E-state index contributed by atoms with van der Waals surface area (Å²) in [6.45, 7) is 2.76. The van der Waals surface area contributed by atoms with Crippen LogP contribution in [0.5, 0.6) is 0 Å². The predicted octanol–water partition coefficient (Wildman–Crippen LogP) is 2.03. The van der Waals surface area contributed by atoms with Gasteiger partial charge in [0.05, 0.1) is 36.4 Å². The van der Waals surface area contributed by atoms with Gasteiger partial charge in [0.1, 0.15) is 25.0 Å². The monoisotopic (exact) mass is 719 g/mol. The van der Waals surface area contributed by atoms with Gasteiger partial charge in [-0.25, -0.2) is 28.4 Å². The maximum atomic E-state index is 13.7. The van der Waals surface area contributed by atoms with Gasteiger partial charge in [-0.15, -0.1) is 5.10 Å². The normalized spacial score (nSPS) is 14.2. The Morgan fingerprint density at radius 1 is 1.10 bits per heavy atom. The Morgan fingerprint density at radius 3 is 2.58 bits per heavy atom. The van der Waals surface area contributed by atoms with Crippen LogP contribution in [0.4, 0.5) is 24.8 Å². The van der Waals surface area contributed by atoms with Gasteiger partial charge in [-0.3, -0.25) is 4.90 Å². The molecule has 2 aromatic heterocycles. The summed E-state index contributed by atoms with van der Waals surface area (Å²) < 4.78 is 51.4. The van der Waals surface area contributed by atoms with Crippen LogP contribution in [0.3, 0.4) is 0 Å². The van der Waals surface area contributed by atoms with Crippen LogP contribution in [0.2, 0.25) is 0 Å². The number of fused-ring (bicyclic) bond motifs is 1. The summed E-state index contributed by atoms with van der Waals surface area (Å²) in [5, 5.41) is 16.3. The minimum atomic E-state index is -4.62. The highest BCUT2D eigenvalue weighted by molar-refractivity contribution is 5.93. The number of aryl methyl sites for hydroxylation is 2. The molecule has 0 fully saturated rings. The number of rotatable bonds is 8. The summed E-state index contributed by atoms with van der Waals surface area (Å²) in [4.78, 5) is 28.2. The number of nitrogens with one attached hydrogen (secondary N) is 1. The van der Waals surface area contributed by atoms with Gasteiger partial charge < -0.3 is 21.7 Å². The molecule has 0 saturated heterocycles. The van der Waals surface area contributed by atoms with Gasteiger partial charge in [0, 0.05) is 17.8 Å². The quantitative estimate of drug-likeness (QED) is 0.194. The number of ether oxygens (including phenoxy) is 1. The standard InChI is InChI=1S/C34H28F3N7O3.BrH/c1-22-29(31(45)47-2)30(44-32(39-40-33(44)46)43(22)27-10-6-9-26(18-27)34(35,36)37)28-12-11-24(19-38)17-25(28)13-14-41-15-16-42(21-41)20-23-7-4-3-5-8-23;/h3-12,15-18,21,30H,13-14,20H2,1-2H3;1H/t30-;/m1./s1. The second kappa shape index (κ2) is 13.7. The number of hydrogen-bond donors (Lipinski definition) is 1. The lowest BCUT2D eigenvalue weighted by molar-refractivity contribution is -0.696. The van der Waals surface area contributed by atoms with Crippen LogP contribution < -0.4 is 32.1 Å². The predicted molar refractivity (Wildman–Crippen MR) is 164 cm³/mol. The van der Waals surface area contributed by atoms with Crippen molar-refractivity contribution in [2.75, 3.05) is 12.0 Å². The molecule has 0 amide bonds. The zero-order valence-electron chi connectivity index (χ0n) is 25.8. The van der Waals surface area contributed by atoms with Crippen molar-refractivity contribution in [3.8, 4) is 6.07 Å². The van der Waals surface area contributed by atoms with Crippen molar-refractivity contribution in [2.24, 2.45) is 0 Å². The van der Waals surface area contributed by atoms with Crippen molar-refractivity contribution >= 4 is 17.6 Å². The number of benzene rings is 3. The number of esters is 1. The van der Waals surface area contributed by atoms with E-state index in [0.29, 0.717) is 36.2 Å². The van der Waals surface area contributed by atoms with E-state index in [-0.39, 0.29) is 39.9 Å². The number of nitrogens with zero attached hydrogens (tertiary/aromatic N) is 6. The van der Waals surface area contributed by atoms with Gasteiger partial charge in [0.25, 0.3) is 0 Å². The zero-order valence-corrected chi connectivity index (χ0v) is 27.4. The Bertz CT molecular complexity index is 2090. The molecule has 1 atom stereocenters. The van der Waals surface area contributed by atoms with Gasteiger partial charge in [0.15, 0.2) is 0 Å². The smallest absolute Gasteiger partial charge is 0.416 e. The molecule has 0 spiro atoms. The van der Waals surface area contributed by atoms with E-state index in [9.17, 15) is 28.0 Å². The highest BCUT2D eigenvalue weighted by Crippen LogP contribution is 2.43. The first-order chi connectivity index (χ1) is 22.6. The van der Waals surface area contributed by atoms with Crippen LogP contribution in [-0.2, 0) is 35.2 Å². The average Bonchev–Trinajstić information content (AvgIpc) is 3.68. The van der Waals surface area contributed by atoms with Crippen LogP contribution in [-0.4, -0.2) is 32.4 Å². The van der Waals surface area contributed by atoms with Crippen molar-refractivity contribution < 1.29 is 44.3 Å². The van der Waals surface area contributed by atoms with Crippen LogP contribution in [0.15, 0.2) is 108 Å². The van der Waals surface area contributed by atoms with Crippen molar-refractivity contribution in [3.05, 3.63) is 141 Å². The number of anilines is 2. The van der Waals surface area contributed by atoms with Gasteiger partial charge >= 0.3 is 17.8 Å². The van der Waals surface area contributed by atoms with E-state index in [2.05, 4.69) is 16.3 Å². The fourth-order valence-corrected chi connectivity index (χ4v) is 5.95. The Hall–Kier alpha value is -5.42. The van der Waals surface area contributed by atoms with Gasteiger partial charge in [-0.1, -0.05) is 42.5 Å². The molecule has 0 radical (unpaired) electrons. The molecule has 6 rings (SSSR count). The molecule has 0 bridgehead atoms. The number of hydrogen-bond acceptors (Lipinski definition) is 6. The van der Waals surface area contributed by atoms with Gasteiger partial charge in [-0.05, 0) is 53.9 Å².